The van der Waals surface area contributed by atoms with E-state index >= 15 is 0 Å². The molecule has 7 heteroatoms. The first-order valence-corrected chi connectivity index (χ1v) is 6.30. The van der Waals surface area contributed by atoms with Gasteiger partial charge in [-0.3, -0.25) is 9.58 Å². The molecule has 0 amide bonds. The molecule has 0 spiro atoms. The molecule has 19 heavy (non-hydrogen) atoms. The number of aliphatic hydroxyl groups excluding tert-OH is 1. The zero-order valence-electron chi connectivity index (χ0n) is 11.0. The predicted octanol–water partition coefficient (Wildman–Crippen LogP) is 1.76. The van der Waals surface area contributed by atoms with Gasteiger partial charge < -0.3 is 5.11 Å². The van der Waals surface area contributed by atoms with Crippen LogP contribution in [-0.2, 0) is 6.18 Å². The van der Waals surface area contributed by atoms with Crippen molar-refractivity contribution in [2.24, 2.45) is 0 Å². The summed E-state index contributed by atoms with van der Waals surface area (Å²) in [5, 5.41) is 12.6. The van der Waals surface area contributed by atoms with Crippen molar-refractivity contribution in [3.8, 4) is 0 Å². The number of likely N-dealkylation sites (tertiary alicyclic amines) is 1. The van der Waals surface area contributed by atoms with E-state index in [1.807, 2.05) is 4.90 Å². The molecule has 0 bridgehead atoms. The van der Waals surface area contributed by atoms with Crippen molar-refractivity contribution in [1.29, 1.82) is 0 Å². The summed E-state index contributed by atoms with van der Waals surface area (Å²) in [5.41, 5.74) is -0.0121. The van der Waals surface area contributed by atoms with E-state index in [4.69, 9.17) is 5.11 Å². The van der Waals surface area contributed by atoms with E-state index in [-0.39, 0.29) is 18.2 Å². The van der Waals surface area contributed by atoms with Crippen LogP contribution in [0.25, 0.3) is 0 Å². The van der Waals surface area contributed by atoms with Crippen LogP contribution in [0.2, 0.25) is 0 Å². The van der Waals surface area contributed by atoms with Gasteiger partial charge in [0.05, 0.1) is 12.6 Å². The lowest BCUT2D eigenvalue weighted by Gasteiger charge is -2.15. The summed E-state index contributed by atoms with van der Waals surface area (Å²) in [6.07, 6.45) is -3.64. The summed E-state index contributed by atoms with van der Waals surface area (Å²) in [4.78, 5) is 2.04. The van der Waals surface area contributed by atoms with Crippen LogP contribution in [0.5, 0.6) is 0 Å². The largest absolute Gasteiger partial charge is 0.435 e. The number of β-amino-alcohol motifs (C(OH)–C–C–N with tert-alkyl or cyclic N) is 1. The lowest BCUT2D eigenvalue weighted by Crippen LogP contribution is -2.25. The van der Waals surface area contributed by atoms with Crippen LogP contribution in [0.3, 0.4) is 0 Å². The Balaban J connectivity index is 2.23. The van der Waals surface area contributed by atoms with Gasteiger partial charge in [0, 0.05) is 30.9 Å². The second-order valence-corrected chi connectivity index (χ2v) is 4.97. The van der Waals surface area contributed by atoms with Crippen molar-refractivity contribution in [3.63, 3.8) is 0 Å². The maximum atomic E-state index is 12.8. The topological polar surface area (TPSA) is 41.3 Å². The Kier molecular flexibility index (Phi) is 3.87. The lowest BCUT2D eigenvalue weighted by atomic mass is 10.2. The van der Waals surface area contributed by atoms with Gasteiger partial charge in [0.15, 0.2) is 5.69 Å². The van der Waals surface area contributed by atoms with Gasteiger partial charge >= 0.3 is 6.18 Å². The van der Waals surface area contributed by atoms with Gasteiger partial charge in [0.2, 0.25) is 0 Å². The lowest BCUT2D eigenvalue weighted by molar-refractivity contribution is -0.142. The Labute approximate surface area is 109 Å². The molecule has 1 aromatic heterocycles. The highest BCUT2D eigenvalue weighted by Gasteiger charge is 2.38. The molecule has 1 unspecified atom stereocenters. The molecule has 1 aliphatic rings. The van der Waals surface area contributed by atoms with Gasteiger partial charge in [-0.05, 0) is 20.3 Å². The predicted molar refractivity (Wildman–Crippen MR) is 63.9 cm³/mol. The van der Waals surface area contributed by atoms with Crippen molar-refractivity contribution in [2.45, 2.75) is 32.5 Å². The van der Waals surface area contributed by atoms with Crippen LogP contribution >= 0.6 is 0 Å². The second kappa shape index (κ2) is 5.13. The number of halogens is 3. The Morgan fingerprint density at radius 1 is 1.37 bits per heavy atom. The van der Waals surface area contributed by atoms with Gasteiger partial charge in [0.1, 0.15) is 0 Å². The van der Waals surface area contributed by atoms with Crippen molar-refractivity contribution in [1.82, 2.24) is 14.7 Å². The summed E-state index contributed by atoms with van der Waals surface area (Å²) < 4.78 is 39.9. The highest BCUT2D eigenvalue weighted by molar-refractivity contribution is 5.26. The molecule has 108 valence electrons. The van der Waals surface area contributed by atoms with Crippen LogP contribution in [0.4, 0.5) is 13.2 Å². The van der Waals surface area contributed by atoms with Crippen LogP contribution in [0, 0.1) is 13.8 Å². The molecule has 1 atom stereocenters. The molecule has 1 fully saturated rings. The third-order valence-electron chi connectivity index (χ3n) is 3.73. The number of aromatic nitrogens is 2. The van der Waals surface area contributed by atoms with E-state index in [9.17, 15) is 13.2 Å². The monoisotopic (exact) mass is 277 g/mol. The summed E-state index contributed by atoms with van der Waals surface area (Å²) in [6, 6.07) is -0.0404. The summed E-state index contributed by atoms with van der Waals surface area (Å²) in [6.45, 7) is 5.18. The first-order chi connectivity index (χ1) is 8.84. The van der Waals surface area contributed by atoms with Crippen LogP contribution in [0.15, 0.2) is 0 Å². The molecular weight excluding hydrogens is 259 g/mol. The van der Waals surface area contributed by atoms with Gasteiger partial charge in [-0.25, -0.2) is 0 Å². The first kappa shape index (κ1) is 14.3. The van der Waals surface area contributed by atoms with E-state index in [2.05, 4.69) is 5.10 Å². The molecule has 1 aromatic rings. The molecule has 1 aliphatic heterocycles. The van der Waals surface area contributed by atoms with E-state index in [1.165, 1.54) is 11.6 Å². The van der Waals surface area contributed by atoms with Crippen LogP contribution < -0.4 is 0 Å². The summed E-state index contributed by atoms with van der Waals surface area (Å²) in [7, 11) is 0. The minimum absolute atomic E-state index is 0.0404. The second-order valence-electron chi connectivity index (χ2n) is 4.97. The average molecular weight is 277 g/mol. The molecule has 0 aliphatic carbocycles. The molecule has 0 radical (unpaired) electrons. The fourth-order valence-corrected chi connectivity index (χ4v) is 2.58. The number of nitrogens with zero attached hydrogens (tertiary/aromatic N) is 3. The highest BCUT2D eigenvalue weighted by atomic mass is 19.4. The number of hydrogen-bond donors (Lipinski definition) is 1. The Bertz CT molecular complexity index is 456. The fraction of sp³-hybridized carbons (Fsp3) is 0.750. The van der Waals surface area contributed by atoms with Crippen molar-refractivity contribution < 1.29 is 18.3 Å². The minimum Gasteiger partial charge on any atom is -0.395 e. The Morgan fingerprint density at radius 2 is 2.05 bits per heavy atom. The summed E-state index contributed by atoms with van der Waals surface area (Å²) >= 11 is 0. The van der Waals surface area contributed by atoms with Crippen molar-refractivity contribution >= 4 is 0 Å². The maximum Gasteiger partial charge on any atom is 0.435 e. The van der Waals surface area contributed by atoms with Gasteiger partial charge in [-0.1, -0.05) is 0 Å². The molecular formula is C12H18F3N3O. The van der Waals surface area contributed by atoms with Crippen molar-refractivity contribution in [2.75, 3.05) is 26.2 Å². The minimum atomic E-state index is -4.40. The molecule has 1 saturated heterocycles. The number of hydrogen-bond acceptors (Lipinski definition) is 3. The van der Waals surface area contributed by atoms with E-state index in [0.717, 1.165) is 13.0 Å². The smallest absolute Gasteiger partial charge is 0.395 e. The molecule has 1 N–H and O–H groups in total. The van der Waals surface area contributed by atoms with E-state index in [1.54, 1.807) is 6.92 Å². The Hall–Kier alpha value is -1.08. The van der Waals surface area contributed by atoms with Crippen LogP contribution in [0.1, 0.15) is 29.4 Å². The molecule has 2 heterocycles. The number of alkyl halides is 3. The molecule has 4 nitrogen and oxygen atoms in total. The molecule has 2 rings (SSSR count). The molecule has 0 aromatic carbocycles. The van der Waals surface area contributed by atoms with E-state index < -0.39 is 11.9 Å². The summed E-state index contributed by atoms with van der Waals surface area (Å²) in [5.74, 6) is 0. The Morgan fingerprint density at radius 3 is 2.58 bits per heavy atom. The van der Waals surface area contributed by atoms with Crippen LogP contribution in [-0.4, -0.2) is 46.0 Å². The van der Waals surface area contributed by atoms with Gasteiger partial charge in [0.25, 0.3) is 0 Å². The fourth-order valence-electron chi connectivity index (χ4n) is 2.58. The number of aliphatic hydroxyl groups is 1. The normalized spacial score (nSPS) is 21.3. The molecule has 0 saturated carbocycles. The quantitative estimate of drug-likeness (QED) is 0.915. The highest BCUT2D eigenvalue weighted by Crippen LogP contribution is 2.34. The van der Waals surface area contributed by atoms with Gasteiger partial charge in [-0.2, -0.15) is 18.3 Å². The average Bonchev–Trinajstić information content (AvgIpc) is 2.86. The van der Waals surface area contributed by atoms with Crippen molar-refractivity contribution in [3.05, 3.63) is 17.0 Å². The third kappa shape index (κ3) is 2.76. The SMILES string of the molecule is Cc1c(C(F)(F)F)nn(C2CCN(CCO)C2)c1C. The van der Waals surface area contributed by atoms with E-state index in [0.29, 0.717) is 18.8 Å². The standard InChI is InChI=1S/C12H18F3N3O/c1-8-9(2)18(16-11(8)12(13,14)15)10-3-4-17(7-10)5-6-19/h10,19H,3-7H2,1-2H3. The zero-order chi connectivity index (χ0) is 14.2. The number of rotatable bonds is 3. The van der Waals surface area contributed by atoms with Gasteiger partial charge in [-0.15, -0.1) is 0 Å². The first-order valence-electron chi connectivity index (χ1n) is 6.30. The maximum absolute atomic E-state index is 12.8. The third-order valence-corrected chi connectivity index (χ3v) is 3.73. The zero-order valence-corrected chi connectivity index (χ0v) is 11.0.